The van der Waals surface area contributed by atoms with Gasteiger partial charge >= 0.3 is 0 Å². The van der Waals surface area contributed by atoms with Crippen LogP contribution in [0.4, 0.5) is 0 Å². The Morgan fingerprint density at radius 3 is 1.75 bits per heavy atom. The minimum atomic E-state index is 0.390. The summed E-state index contributed by atoms with van der Waals surface area (Å²) in [5.41, 5.74) is 2.74. The minimum absolute atomic E-state index is 0.390. The van der Waals surface area contributed by atoms with Gasteiger partial charge < -0.3 is 5.32 Å². The van der Waals surface area contributed by atoms with Gasteiger partial charge in [0, 0.05) is 12.1 Å². The van der Waals surface area contributed by atoms with E-state index in [0.29, 0.717) is 18.0 Å². The van der Waals surface area contributed by atoms with Crippen molar-refractivity contribution in [3.8, 4) is 0 Å². The average Bonchev–Trinajstić information content (AvgIpc) is 2.50. The zero-order valence-electron chi connectivity index (χ0n) is 12.7. The van der Waals surface area contributed by atoms with Gasteiger partial charge in [0.25, 0.3) is 0 Å². The molecule has 20 heavy (non-hydrogen) atoms. The molecule has 2 aromatic rings. The molecule has 2 rings (SSSR count). The van der Waals surface area contributed by atoms with Gasteiger partial charge in [-0.2, -0.15) is 0 Å². The molecule has 0 bridgehead atoms. The predicted octanol–water partition coefficient (Wildman–Crippen LogP) is 5.12. The van der Waals surface area contributed by atoms with Crippen LogP contribution in [-0.2, 0) is 0 Å². The number of rotatable bonds is 6. The van der Waals surface area contributed by atoms with Crippen LogP contribution in [0, 0.1) is 5.92 Å². The Bertz CT molecular complexity index is 490. The summed E-state index contributed by atoms with van der Waals surface area (Å²) < 4.78 is 0. The molecule has 0 aliphatic carbocycles. The van der Waals surface area contributed by atoms with Crippen LogP contribution in [0.1, 0.15) is 50.4 Å². The first-order chi connectivity index (χ1) is 9.72. The third-order valence-corrected chi connectivity index (χ3v) is 3.82. The van der Waals surface area contributed by atoms with Gasteiger partial charge in [-0.25, -0.2) is 0 Å². The fraction of sp³-hybridized carbons (Fsp3) is 0.368. The molecule has 106 valence electrons. The Labute approximate surface area is 123 Å². The van der Waals surface area contributed by atoms with E-state index in [4.69, 9.17) is 0 Å². The molecule has 0 amide bonds. The van der Waals surface area contributed by atoms with Crippen molar-refractivity contribution in [3.05, 3.63) is 71.8 Å². The molecule has 0 heterocycles. The second-order valence-electron chi connectivity index (χ2n) is 5.67. The van der Waals surface area contributed by atoms with E-state index in [1.807, 2.05) is 0 Å². The Morgan fingerprint density at radius 2 is 1.30 bits per heavy atom. The summed E-state index contributed by atoms with van der Waals surface area (Å²) in [5.74, 6) is 0.565. The van der Waals surface area contributed by atoms with E-state index in [1.165, 1.54) is 11.1 Å². The van der Waals surface area contributed by atoms with Crippen LogP contribution < -0.4 is 5.32 Å². The van der Waals surface area contributed by atoms with E-state index >= 15 is 0 Å². The lowest BCUT2D eigenvalue weighted by Gasteiger charge is -2.28. The first-order valence-electron chi connectivity index (χ1n) is 7.58. The van der Waals surface area contributed by atoms with Gasteiger partial charge in [-0.1, -0.05) is 81.4 Å². The van der Waals surface area contributed by atoms with Crippen molar-refractivity contribution in [1.29, 1.82) is 0 Å². The molecule has 0 spiro atoms. The summed E-state index contributed by atoms with van der Waals surface area (Å²) in [7, 11) is 0. The standard InChI is InChI=1S/C19H25N/c1-4-18(16-11-7-5-8-12-16)20-19(15(2)3)17-13-9-6-10-14-17/h5-15,18-20H,4H2,1-3H3. The molecular weight excluding hydrogens is 242 g/mol. The topological polar surface area (TPSA) is 12.0 Å². The van der Waals surface area contributed by atoms with Crippen molar-refractivity contribution in [3.63, 3.8) is 0 Å². The zero-order valence-corrected chi connectivity index (χ0v) is 12.7. The molecule has 0 saturated carbocycles. The number of nitrogens with one attached hydrogen (secondary N) is 1. The summed E-state index contributed by atoms with van der Waals surface area (Å²) in [6.45, 7) is 6.80. The molecule has 1 N–H and O–H groups in total. The number of hydrogen-bond acceptors (Lipinski definition) is 1. The molecule has 2 aromatic carbocycles. The van der Waals surface area contributed by atoms with Gasteiger partial charge in [-0.3, -0.25) is 0 Å². The van der Waals surface area contributed by atoms with Crippen molar-refractivity contribution in [2.75, 3.05) is 0 Å². The van der Waals surface area contributed by atoms with Gasteiger partial charge in [0.05, 0.1) is 0 Å². The first-order valence-corrected chi connectivity index (χ1v) is 7.58. The summed E-state index contributed by atoms with van der Waals surface area (Å²) in [4.78, 5) is 0. The smallest absolute Gasteiger partial charge is 0.0348 e. The molecule has 1 heteroatoms. The Hall–Kier alpha value is -1.60. The highest BCUT2D eigenvalue weighted by Gasteiger charge is 2.19. The van der Waals surface area contributed by atoms with Crippen LogP contribution >= 0.6 is 0 Å². The highest BCUT2D eigenvalue weighted by atomic mass is 15.0. The highest BCUT2D eigenvalue weighted by molar-refractivity contribution is 5.22. The van der Waals surface area contributed by atoms with Gasteiger partial charge in [0.1, 0.15) is 0 Å². The van der Waals surface area contributed by atoms with E-state index in [0.717, 1.165) is 6.42 Å². The molecule has 0 radical (unpaired) electrons. The van der Waals surface area contributed by atoms with Gasteiger partial charge in [-0.05, 0) is 23.5 Å². The SMILES string of the molecule is CCC(NC(c1ccccc1)C(C)C)c1ccccc1. The molecule has 1 nitrogen and oxygen atoms in total. The molecule has 2 atom stereocenters. The van der Waals surface area contributed by atoms with Crippen molar-refractivity contribution >= 4 is 0 Å². The second kappa shape index (κ2) is 7.25. The zero-order chi connectivity index (χ0) is 14.4. The van der Waals surface area contributed by atoms with Crippen LogP contribution in [0.25, 0.3) is 0 Å². The molecular formula is C19H25N. The number of hydrogen-bond donors (Lipinski definition) is 1. The van der Waals surface area contributed by atoms with E-state index in [9.17, 15) is 0 Å². The van der Waals surface area contributed by atoms with Crippen LogP contribution in [0.5, 0.6) is 0 Å². The van der Waals surface area contributed by atoms with Crippen LogP contribution in [0.2, 0.25) is 0 Å². The van der Waals surface area contributed by atoms with Crippen molar-refractivity contribution in [2.45, 2.75) is 39.3 Å². The molecule has 0 aliphatic rings. The van der Waals surface area contributed by atoms with Crippen molar-refractivity contribution < 1.29 is 0 Å². The summed E-state index contributed by atoms with van der Waals surface area (Å²) in [6.07, 6.45) is 1.10. The largest absolute Gasteiger partial charge is 0.303 e. The lowest BCUT2D eigenvalue weighted by atomic mass is 9.93. The van der Waals surface area contributed by atoms with Gasteiger partial charge in [0.2, 0.25) is 0 Å². The molecule has 0 aliphatic heterocycles. The van der Waals surface area contributed by atoms with Crippen LogP contribution in [0.15, 0.2) is 60.7 Å². The maximum atomic E-state index is 3.84. The summed E-state index contributed by atoms with van der Waals surface area (Å²) >= 11 is 0. The van der Waals surface area contributed by atoms with E-state index < -0.39 is 0 Å². The second-order valence-corrected chi connectivity index (χ2v) is 5.67. The van der Waals surface area contributed by atoms with E-state index in [2.05, 4.69) is 86.8 Å². The minimum Gasteiger partial charge on any atom is -0.303 e. The summed E-state index contributed by atoms with van der Waals surface area (Å²) in [6, 6.07) is 22.3. The Balaban J connectivity index is 2.19. The lowest BCUT2D eigenvalue weighted by molar-refractivity contribution is 0.357. The molecule has 2 unspecified atom stereocenters. The fourth-order valence-electron chi connectivity index (χ4n) is 2.69. The highest BCUT2D eigenvalue weighted by Crippen LogP contribution is 2.27. The van der Waals surface area contributed by atoms with Crippen molar-refractivity contribution in [1.82, 2.24) is 5.32 Å². The van der Waals surface area contributed by atoms with Gasteiger partial charge in [-0.15, -0.1) is 0 Å². The lowest BCUT2D eigenvalue weighted by Crippen LogP contribution is -2.29. The molecule has 0 aromatic heterocycles. The Kier molecular flexibility index (Phi) is 5.37. The van der Waals surface area contributed by atoms with E-state index in [1.54, 1.807) is 0 Å². The third kappa shape index (κ3) is 3.71. The van der Waals surface area contributed by atoms with E-state index in [-0.39, 0.29) is 0 Å². The maximum Gasteiger partial charge on any atom is 0.0348 e. The van der Waals surface area contributed by atoms with Crippen LogP contribution in [0.3, 0.4) is 0 Å². The quantitative estimate of drug-likeness (QED) is 0.765. The first kappa shape index (κ1) is 14.8. The van der Waals surface area contributed by atoms with Crippen molar-refractivity contribution in [2.24, 2.45) is 5.92 Å². The van der Waals surface area contributed by atoms with Gasteiger partial charge in [0.15, 0.2) is 0 Å². The third-order valence-electron chi connectivity index (χ3n) is 3.82. The Morgan fingerprint density at radius 1 is 0.800 bits per heavy atom. The normalized spacial score (nSPS) is 14.2. The van der Waals surface area contributed by atoms with Crippen LogP contribution in [-0.4, -0.2) is 0 Å². The maximum absolute atomic E-state index is 3.84. The molecule has 0 fully saturated rings. The molecule has 0 saturated heterocycles. The fourth-order valence-corrected chi connectivity index (χ4v) is 2.69. The average molecular weight is 267 g/mol. The predicted molar refractivity (Wildman–Crippen MR) is 86.6 cm³/mol. The number of benzene rings is 2. The summed E-state index contributed by atoms with van der Waals surface area (Å²) in [5, 5.41) is 3.84. The monoisotopic (exact) mass is 267 g/mol.